The number of carbonyl (C=O) groups is 1. The highest BCUT2D eigenvalue weighted by atomic mass is 32.2. The molecule has 4 rings (SSSR count). The lowest BCUT2D eigenvalue weighted by Gasteiger charge is -2.26. The Bertz CT molecular complexity index is 911. The third-order valence-electron chi connectivity index (χ3n) is 4.14. The normalized spacial score (nSPS) is 15.3. The standard InChI is InChI=1S/C21H19NO3S2/c23-21(22-12-15-13-24-18-8-2-3-9-19(18)25-15)17-7-1-4-10-20(17)27-14-16-6-5-11-26-16/h1-11,15H,12-14H2,(H,22,23). The van der Waals surface area contributed by atoms with Crippen LogP contribution in [0.5, 0.6) is 11.5 Å². The molecule has 27 heavy (non-hydrogen) atoms. The molecule has 1 aromatic heterocycles. The number of amides is 1. The minimum atomic E-state index is -0.199. The van der Waals surface area contributed by atoms with Crippen LogP contribution in [0.25, 0.3) is 0 Å². The average Bonchev–Trinajstić information content (AvgIpc) is 3.24. The monoisotopic (exact) mass is 397 g/mol. The van der Waals surface area contributed by atoms with Crippen molar-refractivity contribution in [1.82, 2.24) is 5.32 Å². The lowest BCUT2D eigenvalue weighted by molar-refractivity contribution is 0.0787. The smallest absolute Gasteiger partial charge is 0.252 e. The van der Waals surface area contributed by atoms with Crippen LogP contribution in [-0.2, 0) is 5.75 Å². The quantitative estimate of drug-likeness (QED) is 0.617. The summed E-state index contributed by atoms with van der Waals surface area (Å²) >= 11 is 3.41. The van der Waals surface area contributed by atoms with Gasteiger partial charge in [0.1, 0.15) is 12.7 Å². The third-order valence-corrected chi connectivity index (χ3v) is 6.32. The van der Waals surface area contributed by atoms with Crippen LogP contribution in [0, 0.1) is 0 Å². The van der Waals surface area contributed by atoms with Gasteiger partial charge in [0.15, 0.2) is 11.5 Å². The summed E-state index contributed by atoms with van der Waals surface area (Å²) in [6.45, 7) is 0.823. The molecular formula is C21H19NO3S2. The average molecular weight is 398 g/mol. The van der Waals surface area contributed by atoms with Gasteiger partial charge in [-0.2, -0.15) is 0 Å². The molecule has 0 bridgehead atoms. The molecule has 0 radical (unpaired) electrons. The van der Waals surface area contributed by atoms with Crippen LogP contribution in [0.15, 0.2) is 70.9 Å². The molecule has 1 amide bonds. The maximum Gasteiger partial charge on any atom is 0.252 e. The number of rotatable bonds is 6. The van der Waals surface area contributed by atoms with Gasteiger partial charge >= 0.3 is 0 Å². The van der Waals surface area contributed by atoms with Gasteiger partial charge in [0.25, 0.3) is 5.91 Å². The molecule has 1 aliphatic heterocycles. The number of fused-ring (bicyclic) bond motifs is 1. The van der Waals surface area contributed by atoms with Gasteiger partial charge in [-0.3, -0.25) is 4.79 Å². The van der Waals surface area contributed by atoms with E-state index in [1.807, 2.05) is 54.6 Å². The molecule has 1 N–H and O–H groups in total. The molecule has 2 heterocycles. The van der Waals surface area contributed by atoms with Crippen molar-refractivity contribution < 1.29 is 14.3 Å². The SMILES string of the molecule is O=C(NCC1COc2ccccc2O1)c1ccccc1SCc1cccs1. The Labute approximate surface area is 166 Å². The zero-order chi connectivity index (χ0) is 18.5. The molecule has 1 aliphatic rings. The molecule has 4 nitrogen and oxygen atoms in total. The molecule has 3 aromatic rings. The fraction of sp³-hybridized carbons (Fsp3) is 0.190. The number of carbonyl (C=O) groups excluding carboxylic acids is 1. The van der Waals surface area contributed by atoms with E-state index in [1.54, 1.807) is 23.1 Å². The molecule has 0 fully saturated rings. The van der Waals surface area contributed by atoms with Crippen LogP contribution in [0.2, 0.25) is 0 Å². The van der Waals surface area contributed by atoms with Gasteiger partial charge in [0.2, 0.25) is 0 Å². The van der Waals surface area contributed by atoms with Gasteiger partial charge in [-0.25, -0.2) is 0 Å². The molecular weight excluding hydrogens is 378 g/mol. The fourth-order valence-corrected chi connectivity index (χ4v) is 4.61. The fourth-order valence-electron chi connectivity index (χ4n) is 2.79. The van der Waals surface area contributed by atoms with Crippen molar-refractivity contribution in [1.29, 1.82) is 0 Å². The predicted octanol–water partition coefficient (Wildman–Crippen LogP) is 4.61. The van der Waals surface area contributed by atoms with Crippen LogP contribution in [-0.4, -0.2) is 25.2 Å². The van der Waals surface area contributed by atoms with Crippen LogP contribution < -0.4 is 14.8 Å². The zero-order valence-corrected chi connectivity index (χ0v) is 16.2. The highest BCUT2D eigenvalue weighted by Gasteiger charge is 2.21. The molecule has 138 valence electrons. The van der Waals surface area contributed by atoms with Crippen molar-refractivity contribution in [2.24, 2.45) is 0 Å². The van der Waals surface area contributed by atoms with E-state index in [0.717, 1.165) is 22.1 Å². The summed E-state index contributed by atoms with van der Waals surface area (Å²) in [4.78, 5) is 15.0. The van der Waals surface area contributed by atoms with Crippen molar-refractivity contribution in [3.05, 3.63) is 76.5 Å². The number of ether oxygens (including phenoxy) is 2. The molecule has 1 unspecified atom stereocenters. The first kappa shape index (κ1) is 17.9. The number of hydrogen-bond donors (Lipinski definition) is 1. The summed E-state index contributed by atoms with van der Waals surface area (Å²) in [5, 5.41) is 5.05. The maximum atomic E-state index is 12.7. The summed E-state index contributed by atoms with van der Waals surface area (Å²) in [7, 11) is 0. The van der Waals surface area contributed by atoms with Crippen LogP contribution in [0.1, 0.15) is 15.2 Å². The van der Waals surface area contributed by atoms with E-state index >= 15 is 0 Å². The first-order valence-corrected chi connectivity index (χ1v) is 10.6. The molecule has 0 spiro atoms. The molecule has 0 aliphatic carbocycles. The Kier molecular flexibility index (Phi) is 5.65. The summed E-state index contributed by atoms with van der Waals surface area (Å²) < 4.78 is 11.6. The van der Waals surface area contributed by atoms with Gasteiger partial charge in [0, 0.05) is 15.5 Å². The number of para-hydroxylation sites is 2. The molecule has 0 saturated carbocycles. The zero-order valence-electron chi connectivity index (χ0n) is 14.6. The first-order chi connectivity index (χ1) is 13.3. The van der Waals surface area contributed by atoms with E-state index in [-0.39, 0.29) is 12.0 Å². The Balaban J connectivity index is 1.36. The highest BCUT2D eigenvalue weighted by molar-refractivity contribution is 7.98. The van der Waals surface area contributed by atoms with Crippen molar-refractivity contribution in [3.8, 4) is 11.5 Å². The largest absolute Gasteiger partial charge is 0.486 e. The van der Waals surface area contributed by atoms with Gasteiger partial charge in [-0.1, -0.05) is 30.3 Å². The second kappa shape index (κ2) is 8.50. The third kappa shape index (κ3) is 4.46. The van der Waals surface area contributed by atoms with E-state index in [0.29, 0.717) is 18.7 Å². The van der Waals surface area contributed by atoms with Gasteiger partial charge in [0.05, 0.1) is 12.1 Å². The van der Waals surface area contributed by atoms with Crippen molar-refractivity contribution in [2.75, 3.05) is 13.2 Å². The Morgan fingerprint density at radius 1 is 1.07 bits per heavy atom. The number of nitrogens with one attached hydrogen (secondary N) is 1. The van der Waals surface area contributed by atoms with Gasteiger partial charge in [-0.05, 0) is 35.7 Å². The topological polar surface area (TPSA) is 47.6 Å². The minimum absolute atomic E-state index is 0.0910. The predicted molar refractivity (Wildman–Crippen MR) is 109 cm³/mol. The lowest BCUT2D eigenvalue weighted by Crippen LogP contribution is -2.40. The summed E-state index contributed by atoms with van der Waals surface area (Å²) in [5.41, 5.74) is 0.691. The van der Waals surface area contributed by atoms with Crippen LogP contribution >= 0.6 is 23.1 Å². The second-order valence-electron chi connectivity index (χ2n) is 6.07. The Morgan fingerprint density at radius 3 is 2.74 bits per heavy atom. The van der Waals surface area contributed by atoms with E-state index in [9.17, 15) is 4.79 Å². The van der Waals surface area contributed by atoms with E-state index in [4.69, 9.17) is 9.47 Å². The highest BCUT2D eigenvalue weighted by Crippen LogP contribution is 2.31. The molecule has 2 aromatic carbocycles. The first-order valence-electron chi connectivity index (χ1n) is 8.70. The summed E-state index contributed by atoms with van der Waals surface area (Å²) in [5.74, 6) is 2.23. The van der Waals surface area contributed by atoms with Gasteiger partial charge < -0.3 is 14.8 Å². The lowest BCUT2D eigenvalue weighted by atomic mass is 10.2. The molecule has 1 atom stereocenters. The Morgan fingerprint density at radius 2 is 1.89 bits per heavy atom. The van der Waals surface area contributed by atoms with Gasteiger partial charge in [-0.15, -0.1) is 23.1 Å². The number of hydrogen-bond acceptors (Lipinski definition) is 5. The molecule has 0 saturated heterocycles. The van der Waals surface area contributed by atoms with Crippen LogP contribution in [0.4, 0.5) is 0 Å². The summed E-state index contributed by atoms with van der Waals surface area (Å²) in [6.07, 6.45) is -0.199. The number of thiophene rings is 1. The maximum absolute atomic E-state index is 12.7. The van der Waals surface area contributed by atoms with Crippen molar-refractivity contribution in [3.63, 3.8) is 0 Å². The second-order valence-corrected chi connectivity index (χ2v) is 8.12. The number of benzene rings is 2. The van der Waals surface area contributed by atoms with E-state index in [1.165, 1.54) is 4.88 Å². The molecule has 6 heteroatoms. The minimum Gasteiger partial charge on any atom is -0.486 e. The van der Waals surface area contributed by atoms with Crippen molar-refractivity contribution >= 4 is 29.0 Å². The summed E-state index contributed by atoms with van der Waals surface area (Å²) in [6, 6.07) is 19.4. The Hall–Kier alpha value is -2.44. The van der Waals surface area contributed by atoms with E-state index in [2.05, 4.69) is 16.8 Å². The number of thioether (sulfide) groups is 1. The van der Waals surface area contributed by atoms with Crippen molar-refractivity contribution in [2.45, 2.75) is 16.8 Å². The van der Waals surface area contributed by atoms with E-state index < -0.39 is 0 Å². The van der Waals surface area contributed by atoms with Crippen LogP contribution in [0.3, 0.4) is 0 Å².